The van der Waals surface area contributed by atoms with Crippen LogP contribution >= 0.6 is 0 Å². The van der Waals surface area contributed by atoms with Gasteiger partial charge in [-0.25, -0.2) is 0 Å². The van der Waals surface area contributed by atoms with Crippen molar-refractivity contribution in [3.63, 3.8) is 0 Å². The van der Waals surface area contributed by atoms with Crippen LogP contribution in [0.4, 0.5) is 0 Å². The van der Waals surface area contributed by atoms with E-state index in [-0.39, 0.29) is 0 Å². The van der Waals surface area contributed by atoms with E-state index in [1.807, 2.05) is 31.2 Å². The first-order chi connectivity index (χ1) is 9.06. The van der Waals surface area contributed by atoms with Gasteiger partial charge in [-0.05, 0) is 24.1 Å². The molecule has 0 saturated carbocycles. The number of hydrogen-bond donors (Lipinski definition) is 2. The summed E-state index contributed by atoms with van der Waals surface area (Å²) in [6.07, 6.45) is 0.454. The van der Waals surface area contributed by atoms with E-state index in [9.17, 15) is 4.79 Å². The maximum Gasteiger partial charge on any atom is 0.320 e. The molecule has 0 fully saturated rings. The fourth-order valence-corrected chi connectivity index (χ4v) is 1.93. The van der Waals surface area contributed by atoms with E-state index in [0.717, 1.165) is 11.3 Å². The minimum absolute atomic E-state index is 0.389. The number of carboxylic acids is 1. The zero-order chi connectivity index (χ0) is 14.3. The lowest BCUT2D eigenvalue weighted by molar-refractivity contribution is -0.139. The Morgan fingerprint density at radius 3 is 2.63 bits per heavy atom. The first-order valence-electron chi connectivity index (χ1n) is 6.74. The highest BCUT2D eigenvalue weighted by molar-refractivity contribution is 5.73. The summed E-state index contributed by atoms with van der Waals surface area (Å²) in [5.41, 5.74) is 1.15. The third kappa shape index (κ3) is 4.91. The summed E-state index contributed by atoms with van der Waals surface area (Å²) in [7, 11) is 0. The van der Waals surface area contributed by atoms with Crippen LogP contribution in [0.5, 0.6) is 5.75 Å². The van der Waals surface area contributed by atoms with Gasteiger partial charge in [0.2, 0.25) is 0 Å². The number of rotatable bonds is 8. The maximum absolute atomic E-state index is 11.0. The number of nitrogens with one attached hydrogen (secondary N) is 1. The van der Waals surface area contributed by atoms with Gasteiger partial charge in [-0.15, -0.1) is 0 Å². The predicted molar refractivity (Wildman–Crippen MR) is 75.7 cm³/mol. The summed E-state index contributed by atoms with van der Waals surface area (Å²) in [4.78, 5) is 11.0. The lowest BCUT2D eigenvalue weighted by Gasteiger charge is -2.16. The first-order valence-corrected chi connectivity index (χ1v) is 6.74. The average Bonchev–Trinajstić information content (AvgIpc) is 2.38. The van der Waals surface area contributed by atoms with Crippen molar-refractivity contribution in [3.8, 4) is 5.75 Å². The van der Waals surface area contributed by atoms with Gasteiger partial charge in [-0.1, -0.05) is 39.0 Å². The second kappa shape index (κ2) is 7.79. The van der Waals surface area contributed by atoms with Gasteiger partial charge < -0.3 is 15.2 Å². The number of hydrogen-bond acceptors (Lipinski definition) is 3. The number of ether oxygens (including phenoxy) is 1. The van der Waals surface area contributed by atoms with Crippen molar-refractivity contribution in [2.45, 2.75) is 39.2 Å². The molecule has 1 atom stereocenters. The Hall–Kier alpha value is -1.55. The van der Waals surface area contributed by atoms with Crippen LogP contribution < -0.4 is 10.1 Å². The molecule has 0 spiro atoms. The highest BCUT2D eigenvalue weighted by Crippen LogP contribution is 2.25. The van der Waals surface area contributed by atoms with Crippen LogP contribution in [0.15, 0.2) is 24.3 Å². The Balaban J connectivity index is 2.55. The third-order valence-electron chi connectivity index (χ3n) is 2.95. The van der Waals surface area contributed by atoms with Gasteiger partial charge in [0.15, 0.2) is 0 Å². The summed E-state index contributed by atoms with van der Waals surface area (Å²) in [6.45, 7) is 7.15. The zero-order valence-electron chi connectivity index (χ0n) is 11.8. The van der Waals surface area contributed by atoms with Crippen LogP contribution in [0.2, 0.25) is 0 Å². The Bertz CT molecular complexity index is 404. The molecule has 106 valence electrons. The van der Waals surface area contributed by atoms with Gasteiger partial charge in [0.25, 0.3) is 0 Å². The van der Waals surface area contributed by atoms with Crippen LogP contribution in [-0.4, -0.2) is 30.3 Å². The molecule has 0 heterocycles. The number of likely N-dealkylation sites (N-methyl/N-ethyl adjacent to an activating group) is 1. The molecule has 0 bridgehead atoms. The van der Waals surface area contributed by atoms with Crippen molar-refractivity contribution in [2.75, 3.05) is 13.2 Å². The van der Waals surface area contributed by atoms with E-state index in [4.69, 9.17) is 9.84 Å². The molecule has 0 aromatic heterocycles. The topological polar surface area (TPSA) is 58.6 Å². The SMILES string of the molecule is CCNC(CCOc1ccccc1C(C)C)C(=O)O. The van der Waals surface area contributed by atoms with Gasteiger partial charge in [0.05, 0.1) is 6.61 Å². The molecule has 0 saturated heterocycles. The normalized spacial score (nSPS) is 12.4. The lowest BCUT2D eigenvalue weighted by atomic mass is 10.0. The molecule has 1 aromatic rings. The summed E-state index contributed by atoms with van der Waals surface area (Å²) in [6, 6.07) is 7.34. The molecule has 0 aliphatic heterocycles. The summed E-state index contributed by atoms with van der Waals surface area (Å²) < 4.78 is 5.72. The average molecular weight is 265 g/mol. The summed E-state index contributed by atoms with van der Waals surface area (Å²) in [5, 5.41) is 12.0. The Kier molecular flexibility index (Phi) is 6.36. The molecule has 19 heavy (non-hydrogen) atoms. The summed E-state index contributed by atoms with van der Waals surface area (Å²) >= 11 is 0. The van der Waals surface area contributed by atoms with E-state index >= 15 is 0 Å². The molecule has 1 rings (SSSR count). The monoisotopic (exact) mass is 265 g/mol. The first kappa shape index (κ1) is 15.5. The van der Waals surface area contributed by atoms with Gasteiger partial charge >= 0.3 is 5.97 Å². The number of benzene rings is 1. The standard InChI is InChI=1S/C15H23NO3/c1-4-16-13(15(17)18)9-10-19-14-8-6-5-7-12(14)11(2)3/h5-8,11,13,16H,4,9-10H2,1-3H3,(H,17,18). The molecule has 4 heteroatoms. The zero-order valence-corrected chi connectivity index (χ0v) is 11.8. The van der Waals surface area contributed by atoms with Crippen molar-refractivity contribution in [1.29, 1.82) is 0 Å². The number of carbonyl (C=O) groups is 1. The fraction of sp³-hybridized carbons (Fsp3) is 0.533. The van der Waals surface area contributed by atoms with Gasteiger partial charge in [-0.2, -0.15) is 0 Å². The largest absolute Gasteiger partial charge is 0.493 e. The number of aliphatic carboxylic acids is 1. The fourth-order valence-electron chi connectivity index (χ4n) is 1.93. The van der Waals surface area contributed by atoms with Crippen LogP contribution in [0.1, 0.15) is 38.7 Å². The minimum atomic E-state index is -0.831. The molecule has 0 aliphatic carbocycles. The molecule has 0 amide bonds. The lowest BCUT2D eigenvalue weighted by Crippen LogP contribution is -2.37. The van der Waals surface area contributed by atoms with Crippen LogP contribution in [0.3, 0.4) is 0 Å². The minimum Gasteiger partial charge on any atom is -0.493 e. The highest BCUT2D eigenvalue weighted by atomic mass is 16.5. The molecule has 2 N–H and O–H groups in total. The Morgan fingerprint density at radius 2 is 2.05 bits per heavy atom. The Labute approximate surface area is 114 Å². The quantitative estimate of drug-likeness (QED) is 0.758. The molecule has 4 nitrogen and oxygen atoms in total. The van der Waals surface area contributed by atoms with Crippen molar-refractivity contribution >= 4 is 5.97 Å². The molecule has 1 unspecified atom stereocenters. The smallest absolute Gasteiger partial charge is 0.320 e. The van der Waals surface area contributed by atoms with Crippen molar-refractivity contribution in [2.24, 2.45) is 0 Å². The molecule has 1 aromatic carbocycles. The van der Waals surface area contributed by atoms with Crippen molar-refractivity contribution in [3.05, 3.63) is 29.8 Å². The maximum atomic E-state index is 11.0. The van der Waals surface area contributed by atoms with E-state index in [0.29, 0.717) is 25.5 Å². The molecular formula is C15H23NO3. The number of carboxylic acid groups (broad SMARTS) is 1. The van der Waals surface area contributed by atoms with E-state index in [1.165, 1.54) is 0 Å². The van der Waals surface area contributed by atoms with Gasteiger partial charge in [0.1, 0.15) is 11.8 Å². The molecule has 0 aliphatic rings. The highest BCUT2D eigenvalue weighted by Gasteiger charge is 2.16. The predicted octanol–water partition coefficient (Wildman–Crippen LogP) is 2.64. The second-order valence-corrected chi connectivity index (χ2v) is 4.78. The number of para-hydroxylation sites is 1. The van der Waals surface area contributed by atoms with Crippen molar-refractivity contribution in [1.82, 2.24) is 5.32 Å². The van der Waals surface area contributed by atoms with E-state index in [2.05, 4.69) is 19.2 Å². The Morgan fingerprint density at radius 1 is 1.37 bits per heavy atom. The second-order valence-electron chi connectivity index (χ2n) is 4.78. The molecular weight excluding hydrogens is 242 g/mol. The van der Waals surface area contributed by atoms with Gasteiger partial charge in [-0.3, -0.25) is 4.79 Å². The van der Waals surface area contributed by atoms with Crippen molar-refractivity contribution < 1.29 is 14.6 Å². The molecule has 0 radical (unpaired) electrons. The van der Waals surface area contributed by atoms with Crippen LogP contribution in [-0.2, 0) is 4.79 Å². The van der Waals surface area contributed by atoms with E-state index in [1.54, 1.807) is 0 Å². The van der Waals surface area contributed by atoms with Gasteiger partial charge in [0, 0.05) is 6.42 Å². The third-order valence-corrected chi connectivity index (χ3v) is 2.95. The summed E-state index contributed by atoms with van der Waals surface area (Å²) in [5.74, 6) is 0.404. The van der Waals surface area contributed by atoms with Crippen LogP contribution in [0.25, 0.3) is 0 Å². The van der Waals surface area contributed by atoms with E-state index < -0.39 is 12.0 Å². The van der Waals surface area contributed by atoms with Crippen LogP contribution in [0, 0.1) is 0 Å².